The van der Waals surface area contributed by atoms with E-state index < -0.39 is 0 Å². The van der Waals surface area contributed by atoms with Gasteiger partial charge in [0.15, 0.2) is 0 Å². The van der Waals surface area contributed by atoms with Crippen LogP contribution in [0.25, 0.3) is 10.9 Å². The number of H-pyrrole nitrogens is 1. The molecule has 0 bridgehead atoms. The van der Waals surface area contributed by atoms with Crippen molar-refractivity contribution in [3.8, 4) is 0 Å². The van der Waals surface area contributed by atoms with E-state index in [0.717, 1.165) is 30.4 Å². The molecule has 1 fully saturated rings. The van der Waals surface area contributed by atoms with Gasteiger partial charge in [-0.3, -0.25) is 9.78 Å². The lowest BCUT2D eigenvalue weighted by Gasteiger charge is -2.32. The van der Waals surface area contributed by atoms with Crippen LogP contribution in [0.3, 0.4) is 0 Å². The molecule has 3 heterocycles. The largest absolute Gasteiger partial charge is 0.361 e. The van der Waals surface area contributed by atoms with Crippen LogP contribution in [-0.2, 0) is 0 Å². The van der Waals surface area contributed by atoms with E-state index in [1.807, 2.05) is 11.0 Å². The summed E-state index contributed by atoms with van der Waals surface area (Å²) in [7, 11) is 0. The topological polar surface area (TPSA) is 49.0 Å². The number of aromatic amines is 1. The number of carbonyl (C=O) groups is 1. The van der Waals surface area contributed by atoms with Gasteiger partial charge in [0, 0.05) is 47.1 Å². The molecule has 1 saturated heterocycles. The Kier molecular flexibility index (Phi) is 4.10. The molecule has 0 radical (unpaired) electrons. The van der Waals surface area contributed by atoms with Crippen molar-refractivity contribution in [3.63, 3.8) is 0 Å². The second-order valence-electron chi connectivity index (χ2n) is 6.25. The third kappa shape index (κ3) is 2.84. The molecular weight excluding hydrogens is 366 g/mol. The fourth-order valence-corrected chi connectivity index (χ4v) is 3.90. The summed E-state index contributed by atoms with van der Waals surface area (Å²) in [5.41, 5.74) is 3.21. The zero-order chi connectivity index (χ0) is 16.5. The molecule has 0 saturated carbocycles. The van der Waals surface area contributed by atoms with Crippen LogP contribution < -0.4 is 0 Å². The summed E-state index contributed by atoms with van der Waals surface area (Å²) >= 11 is 3.38. The summed E-state index contributed by atoms with van der Waals surface area (Å²) in [6, 6.07) is 10.2. The second-order valence-corrected chi connectivity index (χ2v) is 7.16. The maximum atomic E-state index is 12.6. The molecule has 1 amide bonds. The van der Waals surface area contributed by atoms with Gasteiger partial charge in [0.2, 0.25) is 0 Å². The SMILES string of the molecule is O=C(c1cncc(Br)c1)N1CCC(c2c[nH]c3ccccc23)CC1. The number of halogens is 1. The van der Waals surface area contributed by atoms with E-state index in [0.29, 0.717) is 11.5 Å². The van der Waals surface area contributed by atoms with Gasteiger partial charge < -0.3 is 9.88 Å². The first-order chi connectivity index (χ1) is 11.7. The van der Waals surface area contributed by atoms with Crippen LogP contribution in [0.1, 0.15) is 34.7 Å². The normalized spacial score (nSPS) is 15.8. The van der Waals surface area contributed by atoms with Crippen molar-refractivity contribution in [1.82, 2.24) is 14.9 Å². The zero-order valence-electron chi connectivity index (χ0n) is 13.2. The molecule has 4 rings (SSSR count). The highest BCUT2D eigenvalue weighted by molar-refractivity contribution is 9.10. The molecule has 5 heteroatoms. The number of fused-ring (bicyclic) bond motifs is 1. The van der Waals surface area contributed by atoms with Gasteiger partial charge in [-0.1, -0.05) is 18.2 Å². The average molecular weight is 384 g/mol. The monoisotopic (exact) mass is 383 g/mol. The lowest BCUT2D eigenvalue weighted by molar-refractivity contribution is 0.0713. The highest BCUT2D eigenvalue weighted by Gasteiger charge is 2.26. The highest BCUT2D eigenvalue weighted by Crippen LogP contribution is 2.33. The Morgan fingerprint density at radius 2 is 2.00 bits per heavy atom. The summed E-state index contributed by atoms with van der Waals surface area (Å²) in [5, 5.41) is 1.30. The van der Waals surface area contributed by atoms with Crippen LogP contribution in [0.2, 0.25) is 0 Å². The minimum atomic E-state index is 0.0705. The number of carbonyl (C=O) groups excluding carboxylic acids is 1. The molecular formula is C19H18BrN3O. The standard InChI is InChI=1S/C19H18BrN3O/c20-15-9-14(10-21-11-15)19(24)23-7-5-13(6-8-23)17-12-22-18-4-2-1-3-16(17)18/h1-4,9-13,22H,5-8H2. The van der Waals surface area contributed by atoms with Crippen LogP contribution in [0.5, 0.6) is 0 Å². The Morgan fingerprint density at radius 3 is 2.79 bits per heavy atom. The molecule has 24 heavy (non-hydrogen) atoms. The lowest BCUT2D eigenvalue weighted by Crippen LogP contribution is -2.37. The summed E-state index contributed by atoms with van der Waals surface area (Å²) in [6.45, 7) is 1.57. The molecule has 3 aromatic rings. The van der Waals surface area contributed by atoms with Crippen LogP contribution in [0.15, 0.2) is 53.4 Å². The minimum absolute atomic E-state index is 0.0705. The summed E-state index contributed by atoms with van der Waals surface area (Å²) < 4.78 is 0.835. The maximum Gasteiger partial charge on any atom is 0.255 e. The van der Waals surface area contributed by atoms with Gasteiger partial charge in [-0.05, 0) is 52.4 Å². The van der Waals surface area contributed by atoms with Crippen LogP contribution in [0.4, 0.5) is 0 Å². The van der Waals surface area contributed by atoms with Crippen LogP contribution >= 0.6 is 15.9 Å². The first-order valence-corrected chi connectivity index (χ1v) is 8.97. The van der Waals surface area contributed by atoms with E-state index in [4.69, 9.17) is 0 Å². The molecule has 2 aromatic heterocycles. The molecule has 1 N–H and O–H groups in total. The van der Waals surface area contributed by atoms with E-state index in [-0.39, 0.29) is 5.91 Å². The molecule has 122 valence electrons. The molecule has 1 aromatic carbocycles. The van der Waals surface area contributed by atoms with Crippen LogP contribution in [-0.4, -0.2) is 33.9 Å². The fraction of sp³-hybridized carbons (Fsp3) is 0.263. The van der Waals surface area contributed by atoms with Gasteiger partial charge in [0.05, 0.1) is 5.56 Å². The number of pyridine rings is 1. The molecule has 4 nitrogen and oxygen atoms in total. The maximum absolute atomic E-state index is 12.6. The first kappa shape index (κ1) is 15.4. The Balaban J connectivity index is 1.48. The lowest BCUT2D eigenvalue weighted by atomic mass is 9.89. The predicted molar refractivity (Wildman–Crippen MR) is 98.1 cm³/mol. The number of rotatable bonds is 2. The smallest absolute Gasteiger partial charge is 0.255 e. The number of piperidine rings is 1. The predicted octanol–water partition coefficient (Wildman–Crippen LogP) is 4.35. The zero-order valence-corrected chi connectivity index (χ0v) is 14.8. The fourth-order valence-electron chi connectivity index (χ4n) is 3.54. The summed E-state index contributed by atoms with van der Waals surface area (Å²) in [5.74, 6) is 0.576. The van der Waals surface area contributed by atoms with Gasteiger partial charge in [0.1, 0.15) is 0 Å². The Labute approximate surface area is 149 Å². The molecule has 0 unspecified atom stereocenters. The summed E-state index contributed by atoms with van der Waals surface area (Å²) in [4.78, 5) is 22.0. The number of hydrogen-bond acceptors (Lipinski definition) is 2. The van der Waals surface area contributed by atoms with E-state index >= 15 is 0 Å². The third-order valence-electron chi connectivity index (χ3n) is 4.80. The number of amides is 1. The molecule has 0 aliphatic carbocycles. The van der Waals surface area contributed by atoms with E-state index in [2.05, 4.69) is 56.4 Å². The Hall–Kier alpha value is -2.14. The van der Waals surface area contributed by atoms with Gasteiger partial charge in [-0.15, -0.1) is 0 Å². The van der Waals surface area contributed by atoms with Crippen molar-refractivity contribution >= 4 is 32.7 Å². The van der Waals surface area contributed by atoms with Crippen molar-refractivity contribution in [2.24, 2.45) is 0 Å². The van der Waals surface area contributed by atoms with Gasteiger partial charge in [0.25, 0.3) is 5.91 Å². The van der Waals surface area contributed by atoms with Gasteiger partial charge in [-0.25, -0.2) is 0 Å². The summed E-state index contributed by atoms with van der Waals surface area (Å²) in [6.07, 6.45) is 7.45. The highest BCUT2D eigenvalue weighted by atomic mass is 79.9. The number of benzene rings is 1. The number of nitrogens with one attached hydrogen (secondary N) is 1. The second kappa shape index (κ2) is 6.40. The Morgan fingerprint density at radius 1 is 1.21 bits per heavy atom. The molecule has 0 spiro atoms. The molecule has 1 aliphatic heterocycles. The first-order valence-electron chi connectivity index (χ1n) is 8.18. The third-order valence-corrected chi connectivity index (χ3v) is 5.23. The van der Waals surface area contributed by atoms with Crippen molar-refractivity contribution in [3.05, 3.63) is 64.5 Å². The van der Waals surface area contributed by atoms with Gasteiger partial charge >= 0.3 is 0 Å². The minimum Gasteiger partial charge on any atom is -0.361 e. The average Bonchev–Trinajstić information content (AvgIpc) is 3.05. The number of hydrogen-bond donors (Lipinski definition) is 1. The molecule has 0 atom stereocenters. The van der Waals surface area contributed by atoms with Crippen molar-refractivity contribution < 1.29 is 4.79 Å². The van der Waals surface area contributed by atoms with E-state index in [9.17, 15) is 4.79 Å². The quantitative estimate of drug-likeness (QED) is 0.715. The van der Waals surface area contributed by atoms with Crippen molar-refractivity contribution in [2.45, 2.75) is 18.8 Å². The van der Waals surface area contributed by atoms with E-state index in [1.165, 1.54) is 16.5 Å². The van der Waals surface area contributed by atoms with Crippen molar-refractivity contribution in [1.29, 1.82) is 0 Å². The molecule has 1 aliphatic rings. The van der Waals surface area contributed by atoms with E-state index in [1.54, 1.807) is 12.4 Å². The van der Waals surface area contributed by atoms with Gasteiger partial charge in [-0.2, -0.15) is 0 Å². The number of likely N-dealkylation sites (tertiary alicyclic amines) is 1. The number of aromatic nitrogens is 2. The number of para-hydroxylation sites is 1. The van der Waals surface area contributed by atoms with Crippen molar-refractivity contribution in [2.75, 3.05) is 13.1 Å². The number of nitrogens with zero attached hydrogens (tertiary/aromatic N) is 2. The Bertz CT molecular complexity index is 881. The van der Waals surface area contributed by atoms with Crippen LogP contribution in [0, 0.1) is 0 Å².